The van der Waals surface area contributed by atoms with Crippen molar-refractivity contribution in [3.8, 4) is 5.75 Å². The van der Waals surface area contributed by atoms with Crippen LogP contribution in [0.15, 0.2) is 54.6 Å². The van der Waals surface area contributed by atoms with Crippen LogP contribution in [0.25, 0.3) is 0 Å². The number of amides is 2. The van der Waals surface area contributed by atoms with E-state index in [-0.39, 0.29) is 23.8 Å². The lowest BCUT2D eigenvalue weighted by Crippen LogP contribution is -2.56. The van der Waals surface area contributed by atoms with Crippen LogP contribution >= 0.6 is 0 Å². The summed E-state index contributed by atoms with van der Waals surface area (Å²) in [6.45, 7) is 4.99. The van der Waals surface area contributed by atoms with E-state index in [1.54, 1.807) is 29.2 Å². The Morgan fingerprint density at radius 2 is 1.88 bits per heavy atom. The number of ether oxygens (including phenoxy) is 1. The number of hydrogen-bond donors (Lipinski definition) is 1. The van der Waals surface area contributed by atoms with Crippen LogP contribution in [0, 0.1) is 5.92 Å². The second-order valence-corrected chi connectivity index (χ2v) is 6.64. The normalized spacial score (nSPS) is 15.1. The molecule has 2 aromatic carbocycles. The lowest BCUT2D eigenvalue weighted by atomic mass is 10.1. The van der Waals surface area contributed by atoms with Crippen LogP contribution in [-0.4, -0.2) is 35.9 Å². The maximum atomic E-state index is 12.6. The van der Waals surface area contributed by atoms with Gasteiger partial charge < -0.3 is 15.0 Å². The first-order chi connectivity index (χ1) is 12.6. The summed E-state index contributed by atoms with van der Waals surface area (Å²) < 4.78 is 5.83. The number of nitrogens with one attached hydrogen (secondary N) is 1. The quantitative estimate of drug-likeness (QED) is 0.864. The van der Waals surface area contributed by atoms with Crippen molar-refractivity contribution >= 4 is 17.5 Å². The van der Waals surface area contributed by atoms with Gasteiger partial charge in [0.1, 0.15) is 11.9 Å². The Morgan fingerprint density at radius 3 is 2.58 bits per heavy atom. The third-order valence-electron chi connectivity index (χ3n) is 4.62. The Bertz CT molecular complexity index is 770. The summed E-state index contributed by atoms with van der Waals surface area (Å²) in [5.74, 6) is 0.690. The molecule has 0 spiro atoms. The fourth-order valence-electron chi connectivity index (χ4n) is 2.73. The SMILES string of the molecule is CCC(C)C(=O)Nc1cccc(C(=O)N2CC(Oc3ccccc3)C2)c1. The van der Waals surface area contributed by atoms with Gasteiger partial charge in [-0.2, -0.15) is 0 Å². The Labute approximate surface area is 154 Å². The lowest BCUT2D eigenvalue weighted by molar-refractivity contribution is -0.119. The fraction of sp³-hybridized carbons (Fsp3) is 0.333. The molecule has 136 valence electrons. The molecule has 1 aliphatic rings. The van der Waals surface area contributed by atoms with E-state index in [1.165, 1.54) is 0 Å². The predicted octanol–water partition coefficient (Wildman–Crippen LogP) is 3.57. The maximum Gasteiger partial charge on any atom is 0.254 e. The Balaban J connectivity index is 1.56. The molecular formula is C21H24N2O3. The molecular weight excluding hydrogens is 328 g/mol. The summed E-state index contributed by atoms with van der Waals surface area (Å²) in [6.07, 6.45) is 0.802. The van der Waals surface area contributed by atoms with Gasteiger partial charge in [0.05, 0.1) is 13.1 Å². The monoisotopic (exact) mass is 352 g/mol. The largest absolute Gasteiger partial charge is 0.487 e. The topological polar surface area (TPSA) is 58.6 Å². The van der Waals surface area contributed by atoms with Crippen LogP contribution in [-0.2, 0) is 4.79 Å². The van der Waals surface area contributed by atoms with E-state index < -0.39 is 0 Å². The first-order valence-electron chi connectivity index (χ1n) is 8.98. The zero-order valence-electron chi connectivity index (χ0n) is 15.1. The second-order valence-electron chi connectivity index (χ2n) is 6.64. The second kappa shape index (κ2) is 8.04. The van der Waals surface area contributed by atoms with Crippen molar-refractivity contribution in [2.75, 3.05) is 18.4 Å². The van der Waals surface area contributed by atoms with Crippen molar-refractivity contribution in [3.05, 3.63) is 60.2 Å². The molecule has 0 radical (unpaired) electrons. The highest BCUT2D eigenvalue weighted by atomic mass is 16.5. The number of anilines is 1. The number of likely N-dealkylation sites (tertiary alicyclic amines) is 1. The van der Waals surface area contributed by atoms with Crippen molar-refractivity contribution in [2.24, 2.45) is 5.92 Å². The lowest BCUT2D eigenvalue weighted by Gasteiger charge is -2.39. The van der Waals surface area contributed by atoms with Gasteiger partial charge >= 0.3 is 0 Å². The van der Waals surface area contributed by atoms with E-state index in [9.17, 15) is 9.59 Å². The number of hydrogen-bond acceptors (Lipinski definition) is 3. The molecule has 3 rings (SSSR count). The van der Waals surface area contributed by atoms with E-state index in [0.29, 0.717) is 24.3 Å². The van der Waals surface area contributed by atoms with Gasteiger partial charge in [-0.25, -0.2) is 0 Å². The van der Waals surface area contributed by atoms with Gasteiger partial charge in [-0.3, -0.25) is 9.59 Å². The van der Waals surface area contributed by atoms with Gasteiger partial charge in [0.15, 0.2) is 0 Å². The standard InChI is InChI=1S/C21H24N2O3/c1-3-15(2)20(24)22-17-9-7-8-16(12-17)21(25)23-13-19(14-23)26-18-10-5-4-6-11-18/h4-12,15,19H,3,13-14H2,1-2H3,(H,22,24). The van der Waals surface area contributed by atoms with E-state index in [1.807, 2.05) is 44.2 Å². The maximum absolute atomic E-state index is 12.6. The summed E-state index contributed by atoms with van der Waals surface area (Å²) in [5.41, 5.74) is 1.23. The van der Waals surface area contributed by atoms with E-state index in [2.05, 4.69) is 5.32 Å². The molecule has 26 heavy (non-hydrogen) atoms. The molecule has 2 aromatic rings. The van der Waals surface area contributed by atoms with Crippen molar-refractivity contribution in [1.82, 2.24) is 4.90 Å². The molecule has 0 bridgehead atoms. The van der Waals surface area contributed by atoms with E-state index >= 15 is 0 Å². The zero-order valence-corrected chi connectivity index (χ0v) is 15.1. The predicted molar refractivity (Wildman–Crippen MR) is 101 cm³/mol. The zero-order chi connectivity index (χ0) is 18.5. The van der Waals surface area contributed by atoms with E-state index in [4.69, 9.17) is 4.74 Å². The highest BCUT2D eigenvalue weighted by Crippen LogP contribution is 2.21. The molecule has 1 fully saturated rings. The Hall–Kier alpha value is -2.82. The summed E-state index contributed by atoms with van der Waals surface area (Å²) in [7, 11) is 0. The van der Waals surface area contributed by atoms with Crippen molar-refractivity contribution in [2.45, 2.75) is 26.4 Å². The summed E-state index contributed by atoms with van der Waals surface area (Å²) >= 11 is 0. The molecule has 0 aromatic heterocycles. The molecule has 5 nitrogen and oxygen atoms in total. The van der Waals surface area contributed by atoms with Crippen LogP contribution in [0.3, 0.4) is 0 Å². The summed E-state index contributed by atoms with van der Waals surface area (Å²) in [5, 5.41) is 2.87. The average Bonchev–Trinajstić information content (AvgIpc) is 2.64. The van der Waals surface area contributed by atoms with Gasteiger partial charge in [-0.05, 0) is 36.8 Å². The summed E-state index contributed by atoms with van der Waals surface area (Å²) in [4.78, 5) is 26.4. The van der Waals surface area contributed by atoms with Gasteiger partial charge in [-0.1, -0.05) is 38.1 Å². The molecule has 1 heterocycles. The van der Waals surface area contributed by atoms with Crippen molar-refractivity contribution in [3.63, 3.8) is 0 Å². The summed E-state index contributed by atoms with van der Waals surface area (Å²) in [6, 6.07) is 16.7. The number of carbonyl (C=O) groups excluding carboxylic acids is 2. The van der Waals surface area contributed by atoms with Crippen molar-refractivity contribution < 1.29 is 14.3 Å². The van der Waals surface area contributed by atoms with Gasteiger partial charge in [-0.15, -0.1) is 0 Å². The number of nitrogens with zero attached hydrogens (tertiary/aromatic N) is 1. The number of para-hydroxylation sites is 1. The van der Waals surface area contributed by atoms with Gasteiger partial charge in [0, 0.05) is 17.2 Å². The molecule has 1 atom stereocenters. The van der Waals surface area contributed by atoms with Crippen LogP contribution in [0.1, 0.15) is 30.6 Å². The highest BCUT2D eigenvalue weighted by molar-refractivity contribution is 5.98. The minimum absolute atomic E-state index is 0.0228. The minimum atomic E-state index is -0.0550. The van der Waals surface area contributed by atoms with Crippen LogP contribution in [0.2, 0.25) is 0 Å². The van der Waals surface area contributed by atoms with Gasteiger partial charge in [0.25, 0.3) is 5.91 Å². The van der Waals surface area contributed by atoms with Crippen LogP contribution in [0.4, 0.5) is 5.69 Å². The first kappa shape index (κ1) is 18.0. The first-order valence-corrected chi connectivity index (χ1v) is 8.98. The third kappa shape index (κ3) is 4.23. The molecule has 0 saturated carbocycles. The fourth-order valence-corrected chi connectivity index (χ4v) is 2.73. The number of rotatable bonds is 6. The molecule has 2 amide bonds. The number of benzene rings is 2. The van der Waals surface area contributed by atoms with Crippen LogP contribution in [0.5, 0.6) is 5.75 Å². The Morgan fingerprint density at radius 1 is 1.15 bits per heavy atom. The molecule has 1 aliphatic heterocycles. The minimum Gasteiger partial charge on any atom is -0.487 e. The molecule has 1 N–H and O–H groups in total. The van der Waals surface area contributed by atoms with Crippen LogP contribution < -0.4 is 10.1 Å². The third-order valence-corrected chi connectivity index (χ3v) is 4.62. The van der Waals surface area contributed by atoms with E-state index in [0.717, 1.165) is 12.2 Å². The van der Waals surface area contributed by atoms with Crippen molar-refractivity contribution in [1.29, 1.82) is 0 Å². The molecule has 1 unspecified atom stereocenters. The molecule has 5 heteroatoms. The highest BCUT2D eigenvalue weighted by Gasteiger charge is 2.32. The molecule has 0 aliphatic carbocycles. The molecule has 1 saturated heterocycles. The average molecular weight is 352 g/mol. The van der Waals surface area contributed by atoms with Gasteiger partial charge in [0.2, 0.25) is 5.91 Å². The number of carbonyl (C=O) groups is 2. The Kier molecular flexibility index (Phi) is 5.56. The smallest absolute Gasteiger partial charge is 0.254 e.